The highest BCUT2D eigenvalue weighted by molar-refractivity contribution is 5.33. The molecule has 1 fully saturated rings. The second-order valence-corrected chi connectivity index (χ2v) is 6.74. The van der Waals surface area contributed by atoms with Crippen molar-refractivity contribution in [1.29, 1.82) is 0 Å². The van der Waals surface area contributed by atoms with Crippen molar-refractivity contribution in [1.82, 2.24) is 10.2 Å². The zero-order valence-electron chi connectivity index (χ0n) is 13.3. The summed E-state index contributed by atoms with van der Waals surface area (Å²) in [6, 6.07) is 8.91. The average molecular weight is 276 g/mol. The summed E-state index contributed by atoms with van der Waals surface area (Å²) in [5.74, 6) is 1.01. The summed E-state index contributed by atoms with van der Waals surface area (Å²) < 4.78 is 5.43. The van der Waals surface area contributed by atoms with Gasteiger partial charge in [-0.05, 0) is 23.5 Å². The molecule has 0 saturated carbocycles. The fourth-order valence-electron chi connectivity index (χ4n) is 2.78. The third-order valence-electron chi connectivity index (χ3n) is 4.19. The second-order valence-electron chi connectivity index (χ2n) is 6.74. The highest BCUT2D eigenvalue weighted by atomic mass is 16.5. The van der Waals surface area contributed by atoms with Crippen LogP contribution < -0.4 is 10.1 Å². The van der Waals surface area contributed by atoms with E-state index >= 15 is 0 Å². The SMILES string of the molecule is COc1ccccc1CCN1CCNC(C(C)(C)C)C1. The molecule has 1 N–H and O–H groups in total. The van der Waals surface area contributed by atoms with Crippen LogP contribution >= 0.6 is 0 Å². The van der Waals surface area contributed by atoms with E-state index in [1.165, 1.54) is 5.56 Å². The average Bonchev–Trinajstić information content (AvgIpc) is 2.45. The Labute approximate surface area is 123 Å². The molecule has 0 aromatic heterocycles. The van der Waals surface area contributed by atoms with Gasteiger partial charge in [0.05, 0.1) is 7.11 Å². The molecule has 20 heavy (non-hydrogen) atoms. The standard InChI is InChI=1S/C17H28N2O/c1-17(2,3)16-13-19(12-10-18-16)11-9-14-7-5-6-8-15(14)20-4/h5-8,16,18H,9-13H2,1-4H3. The van der Waals surface area contributed by atoms with Crippen molar-refractivity contribution < 1.29 is 4.74 Å². The molecule has 1 aliphatic heterocycles. The van der Waals surface area contributed by atoms with Crippen molar-refractivity contribution >= 4 is 0 Å². The lowest BCUT2D eigenvalue weighted by Crippen LogP contribution is -2.56. The fourth-order valence-corrected chi connectivity index (χ4v) is 2.78. The van der Waals surface area contributed by atoms with Crippen LogP contribution in [0.1, 0.15) is 26.3 Å². The first-order chi connectivity index (χ1) is 9.50. The van der Waals surface area contributed by atoms with Crippen LogP contribution in [0, 0.1) is 5.41 Å². The predicted molar refractivity (Wildman–Crippen MR) is 84.4 cm³/mol. The maximum Gasteiger partial charge on any atom is 0.122 e. The molecule has 0 aliphatic carbocycles. The molecule has 0 amide bonds. The van der Waals surface area contributed by atoms with Crippen molar-refractivity contribution in [3.63, 3.8) is 0 Å². The van der Waals surface area contributed by atoms with Crippen LogP contribution in [-0.2, 0) is 6.42 Å². The number of methoxy groups -OCH3 is 1. The summed E-state index contributed by atoms with van der Waals surface area (Å²) >= 11 is 0. The van der Waals surface area contributed by atoms with Gasteiger partial charge < -0.3 is 15.0 Å². The highest BCUT2D eigenvalue weighted by Crippen LogP contribution is 2.23. The van der Waals surface area contributed by atoms with E-state index in [4.69, 9.17) is 4.74 Å². The third-order valence-corrected chi connectivity index (χ3v) is 4.19. The quantitative estimate of drug-likeness (QED) is 0.914. The molecule has 0 bridgehead atoms. The summed E-state index contributed by atoms with van der Waals surface area (Å²) in [6.07, 6.45) is 1.06. The molecule has 1 heterocycles. The topological polar surface area (TPSA) is 24.5 Å². The van der Waals surface area contributed by atoms with Crippen molar-refractivity contribution in [2.75, 3.05) is 33.3 Å². The van der Waals surface area contributed by atoms with Gasteiger partial charge in [0.15, 0.2) is 0 Å². The van der Waals surface area contributed by atoms with Crippen LogP contribution in [-0.4, -0.2) is 44.2 Å². The molecular formula is C17H28N2O. The maximum atomic E-state index is 5.43. The van der Waals surface area contributed by atoms with Crippen LogP contribution in [0.2, 0.25) is 0 Å². The normalized spacial score (nSPS) is 20.9. The van der Waals surface area contributed by atoms with E-state index in [1.54, 1.807) is 7.11 Å². The van der Waals surface area contributed by atoms with Crippen molar-refractivity contribution in [2.45, 2.75) is 33.2 Å². The van der Waals surface area contributed by atoms with E-state index in [0.717, 1.165) is 38.3 Å². The van der Waals surface area contributed by atoms with E-state index in [0.29, 0.717) is 11.5 Å². The molecule has 3 nitrogen and oxygen atoms in total. The predicted octanol–water partition coefficient (Wildman–Crippen LogP) is 2.56. The molecule has 1 unspecified atom stereocenters. The van der Waals surface area contributed by atoms with Gasteiger partial charge in [-0.3, -0.25) is 0 Å². The van der Waals surface area contributed by atoms with E-state index < -0.39 is 0 Å². The Morgan fingerprint density at radius 1 is 1.30 bits per heavy atom. The minimum Gasteiger partial charge on any atom is -0.496 e. The lowest BCUT2D eigenvalue weighted by molar-refractivity contribution is 0.135. The van der Waals surface area contributed by atoms with E-state index in [2.05, 4.69) is 43.1 Å². The molecule has 1 aromatic rings. The summed E-state index contributed by atoms with van der Waals surface area (Å²) in [4.78, 5) is 2.57. The van der Waals surface area contributed by atoms with Crippen molar-refractivity contribution in [2.24, 2.45) is 5.41 Å². The lowest BCUT2D eigenvalue weighted by Gasteiger charge is -2.40. The molecule has 0 radical (unpaired) electrons. The van der Waals surface area contributed by atoms with Crippen LogP contribution in [0.4, 0.5) is 0 Å². The fraction of sp³-hybridized carbons (Fsp3) is 0.647. The number of nitrogens with one attached hydrogen (secondary N) is 1. The van der Waals surface area contributed by atoms with Gasteiger partial charge in [0.25, 0.3) is 0 Å². The van der Waals surface area contributed by atoms with Gasteiger partial charge in [-0.2, -0.15) is 0 Å². The second kappa shape index (κ2) is 6.59. The van der Waals surface area contributed by atoms with Crippen LogP contribution in [0.5, 0.6) is 5.75 Å². The van der Waals surface area contributed by atoms with Crippen LogP contribution in [0.3, 0.4) is 0 Å². The number of piperazine rings is 1. The molecule has 112 valence electrons. The Kier molecular flexibility index (Phi) is 5.06. The van der Waals surface area contributed by atoms with E-state index in [1.807, 2.05) is 12.1 Å². The molecule has 3 heteroatoms. The highest BCUT2D eigenvalue weighted by Gasteiger charge is 2.28. The molecule has 1 atom stereocenters. The smallest absolute Gasteiger partial charge is 0.122 e. The Bertz CT molecular complexity index is 425. The van der Waals surface area contributed by atoms with Gasteiger partial charge in [-0.25, -0.2) is 0 Å². The number of nitrogens with zero attached hydrogens (tertiary/aromatic N) is 1. The summed E-state index contributed by atoms with van der Waals surface area (Å²) in [5.41, 5.74) is 1.63. The van der Waals surface area contributed by atoms with Crippen LogP contribution in [0.25, 0.3) is 0 Å². The number of rotatable bonds is 4. The van der Waals surface area contributed by atoms with Gasteiger partial charge in [0.2, 0.25) is 0 Å². The number of benzene rings is 1. The van der Waals surface area contributed by atoms with Gasteiger partial charge in [-0.15, -0.1) is 0 Å². The first kappa shape index (κ1) is 15.3. The largest absolute Gasteiger partial charge is 0.496 e. The van der Waals surface area contributed by atoms with Crippen molar-refractivity contribution in [3.05, 3.63) is 29.8 Å². The Morgan fingerprint density at radius 2 is 2.05 bits per heavy atom. The van der Waals surface area contributed by atoms with Crippen LogP contribution in [0.15, 0.2) is 24.3 Å². The van der Waals surface area contributed by atoms with Gasteiger partial charge in [-0.1, -0.05) is 39.0 Å². The molecule has 2 rings (SSSR count). The summed E-state index contributed by atoms with van der Waals surface area (Å²) in [6.45, 7) is 11.4. The first-order valence-electron chi connectivity index (χ1n) is 7.58. The molecule has 1 saturated heterocycles. The minimum atomic E-state index is 0.323. The monoisotopic (exact) mass is 276 g/mol. The zero-order valence-corrected chi connectivity index (χ0v) is 13.3. The molecule has 1 aliphatic rings. The van der Waals surface area contributed by atoms with Gasteiger partial charge in [0.1, 0.15) is 5.75 Å². The number of hydrogen-bond donors (Lipinski definition) is 1. The Morgan fingerprint density at radius 3 is 2.75 bits per heavy atom. The zero-order chi connectivity index (χ0) is 14.6. The number of hydrogen-bond acceptors (Lipinski definition) is 3. The molecule has 1 aromatic carbocycles. The number of para-hydroxylation sites is 1. The Balaban J connectivity index is 1.90. The van der Waals surface area contributed by atoms with Crippen molar-refractivity contribution in [3.8, 4) is 5.75 Å². The lowest BCUT2D eigenvalue weighted by atomic mass is 9.85. The summed E-state index contributed by atoms with van der Waals surface area (Å²) in [5, 5.41) is 3.64. The van der Waals surface area contributed by atoms with E-state index in [-0.39, 0.29) is 0 Å². The van der Waals surface area contributed by atoms with E-state index in [9.17, 15) is 0 Å². The van der Waals surface area contributed by atoms with Gasteiger partial charge in [0, 0.05) is 32.2 Å². The summed E-state index contributed by atoms with van der Waals surface area (Å²) in [7, 11) is 1.75. The molecule has 0 spiro atoms. The minimum absolute atomic E-state index is 0.323. The number of ether oxygens (including phenoxy) is 1. The maximum absolute atomic E-state index is 5.43. The third kappa shape index (κ3) is 3.97. The Hall–Kier alpha value is -1.06. The first-order valence-corrected chi connectivity index (χ1v) is 7.58. The van der Waals surface area contributed by atoms with Gasteiger partial charge >= 0.3 is 0 Å². The molecular weight excluding hydrogens is 248 g/mol.